The van der Waals surface area contributed by atoms with Gasteiger partial charge in [-0.25, -0.2) is 0 Å². The maximum atomic E-state index is 6.19. The number of benzene rings is 1. The number of halogens is 1. The smallest absolute Gasteiger partial charge is 0.0415 e. The number of piperidine rings is 1. The molecule has 2 unspecified atom stereocenters. The third-order valence-corrected chi connectivity index (χ3v) is 4.45. The summed E-state index contributed by atoms with van der Waals surface area (Å²) >= 11 is 6.19. The Morgan fingerprint density at radius 2 is 2.10 bits per heavy atom. The van der Waals surface area contributed by atoms with Crippen molar-refractivity contribution in [2.75, 3.05) is 18.0 Å². The Kier molecular flexibility index (Phi) is 5.74. The topological polar surface area (TPSA) is 15.3 Å². The van der Waals surface area contributed by atoms with Crippen molar-refractivity contribution in [3.8, 4) is 0 Å². The highest BCUT2D eigenvalue weighted by Crippen LogP contribution is 2.31. The van der Waals surface area contributed by atoms with Crippen molar-refractivity contribution in [1.82, 2.24) is 5.32 Å². The van der Waals surface area contributed by atoms with Gasteiger partial charge in [-0.1, -0.05) is 25.4 Å². The van der Waals surface area contributed by atoms with Crippen LogP contribution in [-0.2, 0) is 6.54 Å². The van der Waals surface area contributed by atoms with E-state index >= 15 is 0 Å². The lowest BCUT2D eigenvalue weighted by molar-refractivity contribution is 0.389. The lowest BCUT2D eigenvalue weighted by Gasteiger charge is -2.39. The second-order valence-electron chi connectivity index (χ2n) is 6.13. The summed E-state index contributed by atoms with van der Waals surface area (Å²) in [5.41, 5.74) is 2.68. The van der Waals surface area contributed by atoms with Crippen LogP contribution < -0.4 is 10.2 Å². The van der Waals surface area contributed by atoms with Gasteiger partial charge in [0.2, 0.25) is 0 Å². The molecule has 1 heterocycles. The summed E-state index contributed by atoms with van der Waals surface area (Å²) in [5.74, 6) is 0.776. The van der Waals surface area contributed by atoms with Gasteiger partial charge >= 0.3 is 0 Å². The van der Waals surface area contributed by atoms with Crippen LogP contribution in [0.15, 0.2) is 18.2 Å². The van der Waals surface area contributed by atoms with Crippen molar-refractivity contribution in [3.05, 3.63) is 28.8 Å². The van der Waals surface area contributed by atoms with E-state index < -0.39 is 0 Å². The molecule has 0 radical (unpaired) electrons. The van der Waals surface area contributed by atoms with Crippen molar-refractivity contribution < 1.29 is 0 Å². The first-order chi connectivity index (χ1) is 9.61. The van der Waals surface area contributed by atoms with Crippen LogP contribution in [0.25, 0.3) is 0 Å². The fourth-order valence-corrected chi connectivity index (χ4v) is 3.19. The first kappa shape index (κ1) is 15.7. The van der Waals surface area contributed by atoms with Crippen LogP contribution in [0.1, 0.15) is 45.6 Å². The summed E-state index contributed by atoms with van der Waals surface area (Å²) in [6.45, 7) is 10.00. The molecule has 2 atom stereocenters. The van der Waals surface area contributed by atoms with Crippen molar-refractivity contribution >= 4 is 17.3 Å². The largest absolute Gasteiger partial charge is 0.368 e. The third kappa shape index (κ3) is 3.89. The zero-order valence-corrected chi connectivity index (χ0v) is 13.7. The Balaban J connectivity index is 2.20. The molecule has 112 valence electrons. The molecule has 2 rings (SSSR count). The number of nitrogens with one attached hydrogen (secondary N) is 1. The lowest BCUT2D eigenvalue weighted by Crippen LogP contribution is -2.41. The summed E-state index contributed by atoms with van der Waals surface area (Å²) in [4.78, 5) is 2.56. The molecule has 0 aromatic heterocycles. The van der Waals surface area contributed by atoms with E-state index in [-0.39, 0.29) is 0 Å². The number of rotatable bonds is 5. The van der Waals surface area contributed by atoms with Crippen molar-refractivity contribution in [2.45, 2.75) is 52.6 Å². The summed E-state index contributed by atoms with van der Waals surface area (Å²) in [6.07, 6.45) is 3.79. The highest BCUT2D eigenvalue weighted by molar-refractivity contribution is 6.30. The molecule has 0 spiro atoms. The van der Waals surface area contributed by atoms with Gasteiger partial charge in [0.25, 0.3) is 0 Å². The van der Waals surface area contributed by atoms with Gasteiger partial charge in [-0.05, 0) is 62.4 Å². The van der Waals surface area contributed by atoms with Crippen LogP contribution in [0.4, 0.5) is 5.69 Å². The molecule has 0 saturated carbocycles. The fraction of sp³-hybridized carbons (Fsp3) is 0.647. The number of nitrogens with zero attached hydrogens (tertiary/aromatic N) is 1. The molecular weight excluding hydrogens is 268 g/mol. The molecule has 1 aromatic rings. The Labute approximate surface area is 128 Å². The SMILES string of the molecule is CCCNCc1cc(Cl)ccc1N1CC(C)CCC1C. The van der Waals surface area contributed by atoms with E-state index in [1.165, 1.54) is 24.1 Å². The molecule has 0 amide bonds. The highest BCUT2D eigenvalue weighted by atomic mass is 35.5. The molecule has 1 aliphatic heterocycles. The van der Waals surface area contributed by atoms with E-state index in [1.54, 1.807) is 0 Å². The predicted octanol–water partition coefficient (Wildman–Crippen LogP) is 4.46. The van der Waals surface area contributed by atoms with E-state index in [0.29, 0.717) is 6.04 Å². The quantitative estimate of drug-likeness (QED) is 0.806. The molecule has 0 aliphatic carbocycles. The molecule has 1 aliphatic rings. The van der Waals surface area contributed by atoms with E-state index in [1.807, 2.05) is 6.07 Å². The normalized spacial score (nSPS) is 23.1. The average Bonchev–Trinajstić information content (AvgIpc) is 2.42. The summed E-state index contributed by atoms with van der Waals surface area (Å²) in [5, 5.41) is 4.33. The Bertz CT molecular complexity index is 433. The Morgan fingerprint density at radius 3 is 2.85 bits per heavy atom. The van der Waals surface area contributed by atoms with Gasteiger partial charge in [0.05, 0.1) is 0 Å². The average molecular weight is 295 g/mol. The van der Waals surface area contributed by atoms with Crippen molar-refractivity contribution in [2.24, 2.45) is 5.92 Å². The van der Waals surface area contributed by atoms with Crippen molar-refractivity contribution in [3.63, 3.8) is 0 Å². The predicted molar refractivity (Wildman–Crippen MR) is 88.7 cm³/mol. The zero-order valence-electron chi connectivity index (χ0n) is 13.0. The molecule has 2 nitrogen and oxygen atoms in total. The van der Waals surface area contributed by atoms with Crippen LogP contribution in [-0.4, -0.2) is 19.1 Å². The fourth-order valence-electron chi connectivity index (χ4n) is 3.00. The second-order valence-corrected chi connectivity index (χ2v) is 6.57. The Hall–Kier alpha value is -0.730. The van der Waals surface area contributed by atoms with Gasteiger partial charge in [-0.15, -0.1) is 0 Å². The van der Waals surface area contributed by atoms with Crippen LogP contribution in [0, 0.1) is 5.92 Å². The first-order valence-electron chi connectivity index (χ1n) is 7.87. The third-order valence-electron chi connectivity index (χ3n) is 4.21. The van der Waals surface area contributed by atoms with Gasteiger partial charge in [0, 0.05) is 29.8 Å². The minimum Gasteiger partial charge on any atom is -0.368 e. The molecular formula is C17H27ClN2. The van der Waals surface area contributed by atoms with Crippen LogP contribution >= 0.6 is 11.6 Å². The number of anilines is 1. The zero-order chi connectivity index (χ0) is 14.5. The highest BCUT2D eigenvalue weighted by Gasteiger charge is 2.24. The molecule has 0 bridgehead atoms. The van der Waals surface area contributed by atoms with Gasteiger partial charge in [-0.3, -0.25) is 0 Å². The summed E-state index contributed by atoms with van der Waals surface area (Å²) in [7, 11) is 0. The molecule has 1 saturated heterocycles. The molecule has 3 heteroatoms. The van der Waals surface area contributed by atoms with E-state index in [4.69, 9.17) is 11.6 Å². The molecule has 1 N–H and O–H groups in total. The summed E-state index contributed by atoms with van der Waals surface area (Å²) < 4.78 is 0. The lowest BCUT2D eigenvalue weighted by atomic mass is 9.93. The monoisotopic (exact) mass is 294 g/mol. The molecule has 1 aromatic carbocycles. The Morgan fingerprint density at radius 1 is 1.30 bits per heavy atom. The van der Waals surface area contributed by atoms with Gasteiger partial charge in [-0.2, -0.15) is 0 Å². The molecule has 20 heavy (non-hydrogen) atoms. The van der Waals surface area contributed by atoms with Crippen LogP contribution in [0.3, 0.4) is 0 Å². The van der Waals surface area contributed by atoms with Gasteiger partial charge in [0.1, 0.15) is 0 Å². The van der Waals surface area contributed by atoms with E-state index in [9.17, 15) is 0 Å². The maximum absolute atomic E-state index is 6.19. The number of hydrogen-bond acceptors (Lipinski definition) is 2. The van der Waals surface area contributed by atoms with Crippen LogP contribution in [0.5, 0.6) is 0 Å². The molecule has 1 fully saturated rings. The van der Waals surface area contributed by atoms with Gasteiger partial charge in [0.15, 0.2) is 0 Å². The first-order valence-corrected chi connectivity index (χ1v) is 8.25. The summed E-state index contributed by atoms with van der Waals surface area (Å²) in [6, 6.07) is 6.95. The second kappa shape index (κ2) is 7.33. The van der Waals surface area contributed by atoms with Crippen LogP contribution in [0.2, 0.25) is 5.02 Å². The standard InChI is InChI=1S/C17H27ClN2/c1-4-9-19-11-15-10-16(18)7-8-17(15)20-12-13(2)5-6-14(20)3/h7-8,10,13-14,19H,4-6,9,11-12H2,1-3H3. The minimum atomic E-state index is 0.623. The van der Waals surface area contributed by atoms with E-state index in [0.717, 1.165) is 37.0 Å². The van der Waals surface area contributed by atoms with Crippen molar-refractivity contribution in [1.29, 1.82) is 0 Å². The maximum Gasteiger partial charge on any atom is 0.0415 e. The minimum absolute atomic E-state index is 0.623. The van der Waals surface area contributed by atoms with Gasteiger partial charge < -0.3 is 10.2 Å². The van der Waals surface area contributed by atoms with E-state index in [2.05, 4.69) is 43.1 Å². The number of hydrogen-bond donors (Lipinski definition) is 1.